The van der Waals surface area contributed by atoms with Crippen LogP contribution in [0, 0.1) is 13.8 Å². The van der Waals surface area contributed by atoms with Gasteiger partial charge in [-0.1, -0.05) is 35.3 Å². The first kappa shape index (κ1) is 18.5. The van der Waals surface area contributed by atoms with Gasteiger partial charge in [0.05, 0.1) is 5.69 Å². The number of hydrogen-bond acceptors (Lipinski definition) is 3. The third-order valence-electron chi connectivity index (χ3n) is 4.30. The van der Waals surface area contributed by atoms with Crippen LogP contribution >= 0.6 is 23.2 Å². The molecule has 0 saturated heterocycles. The second-order valence-corrected chi connectivity index (χ2v) is 6.94. The van der Waals surface area contributed by atoms with Crippen molar-refractivity contribution < 1.29 is 9.59 Å². The first-order chi connectivity index (χ1) is 12.3. The lowest BCUT2D eigenvalue weighted by molar-refractivity contribution is -0.120. The van der Waals surface area contributed by atoms with E-state index in [9.17, 15) is 9.59 Å². The average Bonchev–Trinajstić information content (AvgIpc) is 2.80. The van der Waals surface area contributed by atoms with E-state index in [2.05, 4.69) is 0 Å². The second kappa shape index (κ2) is 7.14. The van der Waals surface area contributed by atoms with E-state index in [-0.39, 0.29) is 10.7 Å². The molecule has 0 radical (unpaired) electrons. The van der Waals surface area contributed by atoms with Crippen LogP contribution in [0.5, 0.6) is 0 Å². The highest BCUT2D eigenvalue weighted by Gasteiger charge is 2.41. The van der Waals surface area contributed by atoms with E-state index in [1.54, 1.807) is 30.0 Å². The van der Waals surface area contributed by atoms with Crippen LogP contribution in [-0.2, 0) is 9.59 Å². The molecule has 1 aliphatic rings. The molecule has 6 heteroatoms. The van der Waals surface area contributed by atoms with Gasteiger partial charge < -0.3 is 4.90 Å². The number of carbonyl (C=O) groups excluding carboxylic acids is 2. The molecule has 3 rings (SSSR count). The number of aryl methyl sites for hydroxylation is 2. The lowest BCUT2D eigenvalue weighted by Gasteiger charge is -2.25. The number of likely N-dealkylation sites (N-methyl/N-ethyl adjacent to an activating group) is 1. The van der Waals surface area contributed by atoms with E-state index in [0.717, 1.165) is 21.7 Å². The highest BCUT2D eigenvalue weighted by molar-refractivity contribution is 6.53. The first-order valence-corrected chi connectivity index (χ1v) is 8.99. The molecule has 0 aliphatic carbocycles. The molecule has 134 valence electrons. The third-order valence-corrected chi connectivity index (χ3v) is 4.88. The van der Waals surface area contributed by atoms with E-state index in [1.807, 2.05) is 38.1 Å². The van der Waals surface area contributed by atoms with Crippen LogP contribution in [0.4, 0.5) is 11.4 Å². The summed E-state index contributed by atoms with van der Waals surface area (Å²) in [5.41, 5.74) is 3.27. The summed E-state index contributed by atoms with van der Waals surface area (Å²) in [4.78, 5) is 28.7. The zero-order valence-electron chi connectivity index (χ0n) is 14.7. The van der Waals surface area contributed by atoms with E-state index in [1.165, 1.54) is 0 Å². The van der Waals surface area contributed by atoms with Crippen molar-refractivity contribution in [3.63, 3.8) is 0 Å². The predicted molar refractivity (Wildman–Crippen MR) is 106 cm³/mol. The molecule has 0 aromatic heterocycles. The van der Waals surface area contributed by atoms with Crippen LogP contribution in [0.1, 0.15) is 18.1 Å². The number of imide groups is 1. The summed E-state index contributed by atoms with van der Waals surface area (Å²) in [6.45, 7) is 6.18. The Hall–Kier alpha value is -2.30. The zero-order valence-corrected chi connectivity index (χ0v) is 16.2. The number of nitrogens with zero attached hydrogens (tertiary/aromatic N) is 2. The van der Waals surface area contributed by atoms with Gasteiger partial charge in [-0.25, -0.2) is 4.90 Å². The molecule has 2 amide bonds. The molecule has 2 aromatic rings. The fourth-order valence-corrected chi connectivity index (χ4v) is 3.57. The number of benzene rings is 2. The fraction of sp³-hybridized carbons (Fsp3) is 0.200. The van der Waals surface area contributed by atoms with Gasteiger partial charge in [0.2, 0.25) is 0 Å². The van der Waals surface area contributed by atoms with Gasteiger partial charge in [0.25, 0.3) is 11.8 Å². The van der Waals surface area contributed by atoms with Crippen molar-refractivity contribution in [2.45, 2.75) is 20.8 Å². The van der Waals surface area contributed by atoms with Gasteiger partial charge in [-0.3, -0.25) is 9.59 Å². The van der Waals surface area contributed by atoms with Crippen LogP contribution < -0.4 is 9.80 Å². The summed E-state index contributed by atoms with van der Waals surface area (Å²) in [5, 5.41) is 0.465. The van der Waals surface area contributed by atoms with Crippen molar-refractivity contribution in [3.8, 4) is 0 Å². The molecule has 2 aromatic carbocycles. The zero-order chi connectivity index (χ0) is 19.0. The summed E-state index contributed by atoms with van der Waals surface area (Å²) >= 11 is 12.3. The number of rotatable bonds is 4. The maximum Gasteiger partial charge on any atom is 0.283 e. The van der Waals surface area contributed by atoms with Gasteiger partial charge in [0.1, 0.15) is 10.7 Å². The van der Waals surface area contributed by atoms with Crippen molar-refractivity contribution in [1.82, 2.24) is 0 Å². The molecule has 0 N–H and O–H groups in total. The minimum Gasteiger partial charge on any atom is -0.336 e. The van der Waals surface area contributed by atoms with E-state index in [0.29, 0.717) is 17.3 Å². The van der Waals surface area contributed by atoms with Gasteiger partial charge in [-0.05, 0) is 62.2 Å². The number of hydrogen-bond donors (Lipinski definition) is 0. The largest absolute Gasteiger partial charge is 0.336 e. The van der Waals surface area contributed by atoms with Gasteiger partial charge in [0, 0.05) is 17.3 Å². The molecule has 0 unspecified atom stereocenters. The molecule has 0 bridgehead atoms. The van der Waals surface area contributed by atoms with Crippen LogP contribution in [0.15, 0.2) is 53.2 Å². The smallest absolute Gasteiger partial charge is 0.283 e. The van der Waals surface area contributed by atoms with Gasteiger partial charge >= 0.3 is 0 Å². The molecule has 1 heterocycles. The highest BCUT2D eigenvalue weighted by atomic mass is 35.5. The maximum atomic E-state index is 13.1. The summed E-state index contributed by atoms with van der Waals surface area (Å²) in [7, 11) is 0. The van der Waals surface area contributed by atoms with Gasteiger partial charge in [0.15, 0.2) is 0 Å². The molecule has 4 nitrogen and oxygen atoms in total. The van der Waals surface area contributed by atoms with Gasteiger partial charge in [-0.2, -0.15) is 0 Å². The Bertz CT molecular complexity index is 937. The summed E-state index contributed by atoms with van der Waals surface area (Å²) in [5.74, 6) is -0.961. The third kappa shape index (κ3) is 3.11. The Morgan fingerprint density at radius 2 is 1.73 bits per heavy atom. The Balaban J connectivity index is 2.05. The van der Waals surface area contributed by atoms with Crippen LogP contribution in [0.3, 0.4) is 0 Å². The van der Waals surface area contributed by atoms with E-state index >= 15 is 0 Å². The monoisotopic (exact) mass is 388 g/mol. The normalized spacial score (nSPS) is 14.4. The Kier molecular flexibility index (Phi) is 5.08. The standard InChI is InChI=1S/C20H18Cl2N2O2/c1-4-23(15-7-5-6-12(2)10-15)18-17(22)19(25)24(20(18)26)16-9-8-14(21)11-13(16)3/h5-11H,4H2,1-3H3. The van der Waals surface area contributed by atoms with Crippen molar-refractivity contribution >= 4 is 46.4 Å². The number of carbonyl (C=O) groups is 2. The van der Waals surface area contributed by atoms with Gasteiger partial charge in [-0.15, -0.1) is 0 Å². The van der Waals surface area contributed by atoms with E-state index < -0.39 is 11.8 Å². The highest BCUT2D eigenvalue weighted by Crippen LogP contribution is 2.35. The topological polar surface area (TPSA) is 40.6 Å². The van der Waals surface area contributed by atoms with Crippen LogP contribution in [-0.4, -0.2) is 18.4 Å². The SMILES string of the molecule is CCN(C1=C(Cl)C(=O)N(c2ccc(Cl)cc2C)C1=O)c1cccc(C)c1. The maximum absolute atomic E-state index is 13.1. The van der Waals surface area contributed by atoms with Crippen molar-refractivity contribution in [2.75, 3.05) is 16.3 Å². The van der Waals surface area contributed by atoms with E-state index in [4.69, 9.17) is 23.2 Å². The Morgan fingerprint density at radius 3 is 2.35 bits per heavy atom. The quantitative estimate of drug-likeness (QED) is 0.705. The fourth-order valence-electron chi connectivity index (χ4n) is 3.08. The summed E-state index contributed by atoms with van der Waals surface area (Å²) in [6, 6.07) is 12.7. The molecule has 26 heavy (non-hydrogen) atoms. The number of halogens is 2. The molecule has 0 saturated carbocycles. The minimum atomic E-state index is -0.525. The Morgan fingerprint density at radius 1 is 1.00 bits per heavy atom. The lowest BCUT2D eigenvalue weighted by Crippen LogP contribution is -2.35. The average molecular weight is 389 g/mol. The lowest BCUT2D eigenvalue weighted by atomic mass is 10.1. The summed E-state index contributed by atoms with van der Waals surface area (Å²) < 4.78 is 0. The summed E-state index contributed by atoms with van der Waals surface area (Å²) in [6.07, 6.45) is 0. The number of amides is 2. The Labute approximate surface area is 162 Å². The molecule has 1 aliphatic heterocycles. The van der Waals surface area contributed by atoms with Crippen LogP contribution in [0.2, 0.25) is 5.02 Å². The van der Waals surface area contributed by atoms with Crippen molar-refractivity contribution in [3.05, 3.63) is 69.3 Å². The molecule has 0 spiro atoms. The first-order valence-electron chi connectivity index (χ1n) is 8.24. The molecular weight excluding hydrogens is 371 g/mol. The molecular formula is C20H18Cl2N2O2. The number of anilines is 2. The second-order valence-electron chi connectivity index (χ2n) is 6.12. The van der Waals surface area contributed by atoms with Crippen LogP contribution in [0.25, 0.3) is 0 Å². The molecule has 0 atom stereocenters. The molecule has 0 fully saturated rings. The van der Waals surface area contributed by atoms with Crippen molar-refractivity contribution in [1.29, 1.82) is 0 Å². The minimum absolute atomic E-state index is 0.0762. The van der Waals surface area contributed by atoms with Crippen molar-refractivity contribution in [2.24, 2.45) is 0 Å². The predicted octanol–water partition coefficient (Wildman–Crippen LogP) is 4.81.